The summed E-state index contributed by atoms with van der Waals surface area (Å²) in [6, 6.07) is 11.4. The van der Waals surface area contributed by atoms with E-state index < -0.39 is 16.9 Å². The molecule has 0 aliphatic rings. The summed E-state index contributed by atoms with van der Waals surface area (Å²) in [5, 5.41) is 13.6. The molecule has 0 saturated carbocycles. The number of hydrogen-bond donors (Lipinski definition) is 1. The van der Waals surface area contributed by atoms with Crippen LogP contribution in [0.25, 0.3) is 0 Å². The third-order valence-electron chi connectivity index (χ3n) is 3.35. The molecule has 7 heteroatoms. The van der Waals surface area contributed by atoms with E-state index in [-0.39, 0.29) is 11.4 Å². The van der Waals surface area contributed by atoms with Gasteiger partial charge in [0, 0.05) is 6.07 Å². The molecule has 0 spiro atoms. The third kappa shape index (κ3) is 4.22. The van der Waals surface area contributed by atoms with E-state index in [9.17, 15) is 14.9 Å². The Morgan fingerprint density at radius 2 is 1.79 bits per heavy atom. The third-order valence-corrected chi connectivity index (χ3v) is 3.35. The van der Waals surface area contributed by atoms with E-state index in [2.05, 4.69) is 5.32 Å². The second-order valence-corrected chi connectivity index (χ2v) is 5.20. The fourth-order valence-corrected chi connectivity index (χ4v) is 2.04. The highest BCUT2D eigenvalue weighted by Crippen LogP contribution is 2.26. The van der Waals surface area contributed by atoms with Crippen molar-refractivity contribution in [3.05, 3.63) is 58.1 Å². The van der Waals surface area contributed by atoms with Crippen molar-refractivity contribution in [3.8, 4) is 11.5 Å². The summed E-state index contributed by atoms with van der Waals surface area (Å²) in [7, 11) is 1.56. The van der Waals surface area contributed by atoms with Crippen molar-refractivity contribution in [2.45, 2.75) is 20.0 Å². The zero-order valence-electron chi connectivity index (χ0n) is 13.6. The number of nitrogens with zero attached hydrogens (tertiary/aromatic N) is 1. The zero-order valence-corrected chi connectivity index (χ0v) is 13.6. The van der Waals surface area contributed by atoms with Crippen molar-refractivity contribution in [1.82, 2.24) is 0 Å². The van der Waals surface area contributed by atoms with E-state index in [4.69, 9.17) is 9.47 Å². The van der Waals surface area contributed by atoms with Crippen LogP contribution in [0, 0.1) is 17.0 Å². The minimum atomic E-state index is -0.820. The number of nitro groups is 1. The van der Waals surface area contributed by atoms with Crippen LogP contribution < -0.4 is 14.8 Å². The number of aryl methyl sites for hydroxylation is 1. The molecular formula is C17H18N2O5. The molecular weight excluding hydrogens is 312 g/mol. The lowest BCUT2D eigenvalue weighted by molar-refractivity contribution is -0.384. The van der Waals surface area contributed by atoms with Gasteiger partial charge in [0.25, 0.3) is 11.6 Å². The maximum absolute atomic E-state index is 12.2. The molecule has 0 fully saturated rings. The molecule has 126 valence electrons. The Morgan fingerprint density at radius 1 is 1.17 bits per heavy atom. The normalized spacial score (nSPS) is 11.5. The first-order valence-electron chi connectivity index (χ1n) is 7.27. The highest BCUT2D eigenvalue weighted by molar-refractivity contribution is 5.96. The van der Waals surface area contributed by atoms with Gasteiger partial charge in [-0.25, -0.2) is 0 Å². The molecule has 0 aliphatic carbocycles. The lowest BCUT2D eigenvalue weighted by Crippen LogP contribution is -2.30. The highest BCUT2D eigenvalue weighted by atomic mass is 16.6. The molecule has 0 aliphatic heterocycles. The Hall–Kier alpha value is -3.09. The molecule has 7 nitrogen and oxygen atoms in total. The van der Waals surface area contributed by atoms with Crippen LogP contribution in [0.15, 0.2) is 42.5 Å². The molecule has 2 aromatic rings. The van der Waals surface area contributed by atoms with Crippen LogP contribution in [0.1, 0.15) is 12.5 Å². The van der Waals surface area contributed by atoms with Crippen molar-refractivity contribution >= 4 is 17.3 Å². The number of hydrogen-bond acceptors (Lipinski definition) is 5. The van der Waals surface area contributed by atoms with Gasteiger partial charge >= 0.3 is 0 Å². The number of carbonyl (C=O) groups is 1. The molecule has 2 rings (SSSR count). The Morgan fingerprint density at radius 3 is 2.38 bits per heavy atom. The molecule has 0 bridgehead atoms. The lowest BCUT2D eigenvalue weighted by atomic mass is 10.2. The van der Waals surface area contributed by atoms with Gasteiger partial charge in [-0.2, -0.15) is 0 Å². The predicted octanol–water partition coefficient (Wildman–Crippen LogP) is 3.32. The summed E-state index contributed by atoms with van der Waals surface area (Å²) in [6.45, 7) is 3.31. The number of amides is 1. The molecule has 2 aromatic carbocycles. The van der Waals surface area contributed by atoms with Gasteiger partial charge in [-0.05, 0) is 49.7 Å². The molecule has 1 unspecified atom stereocenters. The molecule has 0 saturated heterocycles. The summed E-state index contributed by atoms with van der Waals surface area (Å²) in [5.74, 6) is 0.698. The second-order valence-electron chi connectivity index (χ2n) is 5.20. The number of ether oxygens (including phenoxy) is 2. The number of nitro benzene ring substituents is 1. The van der Waals surface area contributed by atoms with Gasteiger partial charge in [-0.15, -0.1) is 0 Å². The average molecular weight is 330 g/mol. The van der Waals surface area contributed by atoms with Crippen LogP contribution in [0.5, 0.6) is 11.5 Å². The fraction of sp³-hybridized carbons (Fsp3) is 0.235. The second kappa shape index (κ2) is 7.45. The topological polar surface area (TPSA) is 90.7 Å². The minimum absolute atomic E-state index is 0.140. The van der Waals surface area contributed by atoms with Gasteiger partial charge < -0.3 is 14.8 Å². The number of nitrogens with one attached hydrogen (secondary N) is 1. The Bertz CT molecular complexity index is 743. The van der Waals surface area contributed by atoms with Gasteiger partial charge in [0.05, 0.1) is 12.0 Å². The maximum atomic E-state index is 12.2. The van der Waals surface area contributed by atoms with Crippen LogP contribution in [0.2, 0.25) is 0 Å². The Labute approximate surface area is 139 Å². The smallest absolute Gasteiger partial charge is 0.293 e. The van der Waals surface area contributed by atoms with E-state index in [1.807, 2.05) is 0 Å². The number of benzene rings is 2. The minimum Gasteiger partial charge on any atom is -0.497 e. The van der Waals surface area contributed by atoms with E-state index >= 15 is 0 Å². The van der Waals surface area contributed by atoms with E-state index in [0.717, 1.165) is 5.56 Å². The SMILES string of the molecule is COc1ccc(OC(C)C(=O)Nc2ccc(C)cc2[N+](=O)[O-])cc1. The Kier molecular flexibility index (Phi) is 5.36. The van der Waals surface area contributed by atoms with Crippen LogP contribution in [-0.2, 0) is 4.79 Å². The lowest BCUT2D eigenvalue weighted by Gasteiger charge is -2.15. The molecule has 24 heavy (non-hydrogen) atoms. The van der Waals surface area contributed by atoms with E-state index in [1.165, 1.54) is 12.1 Å². The zero-order chi connectivity index (χ0) is 17.7. The summed E-state index contributed by atoms with van der Waals surface area (Å²) < 4.78 is 10.6. The maximum Gasteiger partial charge on any atom is 0.293 e. The van der Waals surface area contributed by atoms with Gasteiger partial charge in [-0.3, -0.25) is 14.9 Å². The van der Waals surface area contributed by atoms with Crippen LogP contribution in [-0.4, -0.2) is 24.0 Å². The first-order chi connectivity index (χ1) is 11.4. The number of carbonyl (C=O) groups excluding carboxylic acids is 1. The van der Waals surface area contributed by atoms with Crippen molar-refractivity contribution < 1.29 is 19.2 Å². The summed E-state index contributed by atoms with van der Waals surface area (Å²) in [5.41, 5.74) is 0.725. The molecule has 1 amide bonds. The number of anilines is 1. The summed E-state index contributed by atoms with van der Waals surface area (Å²) in [6.07, 6.45) is -0.820. The monoisotopic (exact) mass is 330 g/mol. The van der Waals surface area contributed by atoms with Crippen LogP contribution >= 0.6 is 0 Å². The quantitative estimate of drug-likeness (QED) is 0.648. The summed E-state index contributed by atoms with van der Waals surface area (Å²) in [4.78, 5) is 22.8. The first-order valence-corrected chi connectivity index (χ1v) is 7.27. The van der Waals surface area contributed by atoms with Crippen molar-refractivity contribution in [2.24, 2.45) is 0 Å². The van der Waals surface area contributed by atoms with Gasteiger partial charge in [0.1, 0.15) is 17.2 Å². The van der Waals surface area contributed by atoms with Gasteiger partial charge in [0.15, 0.2) is 6.10 Å². The van der Waals surface area contributed by atoms with Crippen molar-refractivity contribution in [2.75, 3.05) is 12.4 Å². The van der Waals surface area contributed by atoms with Crippen molar-refractivity contribution in [1.29, 1.82) is 0 Å². The standard InChI is InChI=1S/C17H18N2O5/c1-11-4-9-15(16(10-11)19(21)22)18-17(20)12(2)24-14-7-5-13(23-3)6-8-14/h4-10,12H,1-3H3,(H,18,20). The van der Waals surface area contributed by atoms with Crippen molar-refractivity contribution in [3.63, 3.8) is 0 Å². The molecule has 0 aromatic heterocycles. The van der Waals surface area contributed by atoms with Gasteiger partial charge in [-0.1, -0.05) is 6.07 Å². The summed E-state index contributed by atoms with van der Waals surface area (Å²) >= 11 is 0. The molecule has 0 heterocycles. The highest BCUT2D eigenvalue weighted by Gasteiger charge is 2.20. The largest absolute Gasteiger partial charge is 0.497 e. The fourth-order valence-electron chi connectivity index (χ4n) is 2.04. The number of rotatable bonds is 6. The molecule has 1 N–H and O–H groups in total. The van der Waals surface area contributed by atoms with E-state index in [1.54, 1.807) is 51.3 Å². The predicted molar refractivity (Wildman–Crippen MR) is 89.5 cm³/mol. The van der Waals surface area contributed by atoms with Gasteiger partial charge in [0.2, 0.25) is 0 Å². The number of methoxy groups -OCH3 is 1. The molecule has 0 radical (unpaired) electrons. The average Bonchev–Trinajstić information content (AvgIpc) is 2.56. The van der Waals surface area contributed by atoms with Crippen LogP contribution in [0.3, 0.4) is 0 Å². The Balaban J connectivity index is 2.07. The first kappa shape index (κ1) is 17.3. The van der Waals surface area contributed by atoms with Crippen LogP contribution in [0.4, 0.5) is 11.4 Å². The molecule has 1 atom stereocenters. The van der Waals surface area contributed by atoms with E-state index in [0.29, 0.717) is 11.5 Å².